The third-order valence-electron chi connectivity index (χ3n) is 2.93. The molecule has 4 nitrogen and oxygen atoms in total. The van der Waals surface area contributed by atoms with E-state index >= 15 is 0 Å². The van der Waals surface area contributed by atoms with Crippen LogP contribution in [0.4, 0.5) is 0 Å². The van der Waals surface area contributed by atoms with Crippen LogP contribution in [0.15, 0.2) is 24.3 Å². The third kappa shape index (κ3) is 6.25. The first-order valence-electron chi connectivity index (χ1n) is 6.73. The Balaban J connectivity index is 2.37. The van der Waals surface area contributed by atoms with E-state index in [1.165, 1.54) is 0 Å². The largest absolute Gasteiger partial charge is 0.494 e. The Labute approximate surface area is 115 Å². The summed E-state index contributed by atoms with van der Waals surface area (Å²) in [6, 6.07) is 7.57. The quantitative estimate of drug-likeness (QED) is 0.755. The van der Waals surface area contributed by atoms with Gasteiger partial charge in [0, 0.05) is 6.54 Å². The van der Waals surface area contributed by atoms with Crippen molar-refractivity contribution >= 4 is 5.91 Å². The van der Waals surface area contributed by atoms with Gasteiger partial charge >= 0.3 is 0 Å². The fraction of sp³-hybridized carbons (Fsp3) is 0.533. The molecule has 0 heterocycles. The van der Waals surface area contributed by atoms with Gasteiger partial charge in [0.2, 0.25) is 5.91 Å². The molecule has 0 aliphatic heterocycles. The van der Waals surface area contributed by atoms with Gasteiger partial charge in [-0.3, -0.25) is 4.79 Å². The van der Waals surface area contributed by atoms with Crippen LogP contribution in [0, 0.1) is 5.92 Å². The summed E-state index contributed by atoms with van der Waals surface area (Å²) in [5, 5.41) is 3.06. The van der Waals surface area contributed by atoms with Crippen molar-refractivity contribution in [2.75, 3.05) is 6.61 Å². The van der Waals surface area contributed by atoms with Gasteiger partial charge in [-0.1, -0.05) is 26.0 Å². The molecule has 0 bridgehead atoms. The van der Waals surface area contributed by atoms with Crippen LogP contribution in [-0.2, 0) is 11.3 Å². The minimum absolute atomic E-state index is 0.318. The summed E-state index contributed by atoms with van der Waals surface area (Å²) in [5.41, 5.74) is 6.28. The van der Waals surface area contributed by atoms with Crippen LogP contribution in [0.2, 0.25) is 0 Å². The summed E-state index contributed by atoms with van der Waals surface area (Å²) in [4.78, 5) is 10.9. The number of primary amides is 1. The van der Waals surface area contributed by atoms with E-state index in [2.05, 4.69) is 19.2 Å². The molecule has 3 N–H and O–H groups in total. The molecule has 0 saturated carbocycles. The Kier molecular flexibility index (Phi) is 6.36. The maximum atomic E-state index is 10.9. The Morgan fingerprint density at radius 3 is 2.42 bits per heavy atom. The summed E-state index contributed by atoms with van der Waals surface area (Å²) in [5.74, 6) is 1.19. The summed E-state index contributed by atoms with van der Waals surface area (Å²) >= 11 is 0. The first-order valence-corrected chi connectivity index (χ1v) is 6.73. The number of carbonyl (C=O) groups excluding carboxylic acids is 1. The number of nitrogens with one attached hydrogen (secondary N) is 1. The second-order valence-corrected chi connectivity index (χ2v) is 5.18. The summed E-state index contributed by atoms with van der Waals surface area (Å²) in [6.07, 6.45) is 1.05. The number of amides is 1. The highest BCUT2D eigenvalue weighted by Crippen LogP contribution is 2.13. The van der Waals surface area contributed by atoms with E-state index < -0.39 is 0 Å². The van der Waals surface area contributed by atoms with Gasteiger partial charge in [0.15, 0.2) is 0 Å². The highest BCUT2D eigenvalue weighted by Gasteiger charge is 2.06. The number of hydrogen-bond donors (Lipinski definition) is 2. The van der Waals surface area contributed by atoms with Gasteiger partial charge in [-0.2, -0.15) is 0 Å². The number of rotatable bonds is 8. The van der Waals surface area contributed by atoms with Gasteiger partial charge in [0.1, 0.15) is 5.75 Å². The van der Waals surface area contributed by atoms with Crippen molar-refractivity contribution in [1.82, 2.24) is 5.32 Å². The van der Waals surface area contributed by atoms with Crippen molar-refractivity contribution in [2.24, 2.45) is 11.7 Å². The lowest BCUT2D eigenvalue weighted by molar-refractivity contribution is -0.119. The maximum Gasteiger partial charge on any atom is 0.234 e. The van der Waals surface area contributed by atoms with E-state index in [0.29, 0.717) is 12.5 Å². The fourth-order valence-electron chi connectivity index (χ4n) is 1.49. The molecule has 1 amide bonds. The van der Waals surface area contributed by atoms with E-state index in [9.17, 15) is 4.79 Å². The average Bonchev–Trinajstić information content (AvgIpc) is 2.37. The maximum absolute atomic E-state index is 10.9. The van der Waals surface area contributed by atoms with Crippen molar-refractivity contribution in [3.8, 4) is 5.75 Å². The van der Waals surface area contributed by atoms with E-state index in [4.69, 9.17) is 10.5 Å². The molecule has 0 aliphatic rings. The second kappa shape index (κ2) is 7.79. The number of ether oxygens (including phenoxy) is 1. The standard InChI is InChI=1S/C15H24N2O2/c1-11(2)8-9-19-14-6-4-13(5-7-14)10-17-12(3)15(16)18/h4-7,11-12,17H,8-10H2,1-3H3,(H2,16,18). The monoisotopic (exact) mass is 264 g/mol. The van der Waals surface area contributed by atoms with Gasteiger partial charge in [-0.25, -0.2) is 0 Å². The highest BCUT2D eigenvalue weighted by molar-refractivity contribution is 5.79. The summed E-state index contributed by atoms with van der Waals surface area (Å²) in [7, 11) is 0. The molecular weight excluding hydrogens is 240 g/mol. The molecule has 106 valence electrons. The Bertz CT molecular complexity index is 388. The molecule has 19 heavy (non-hydrogen) atoms. The molecule has 1 unspecified atom stereocenters. The van der Waals surface area contributed by atoms with Crippen LogP contribution in [0.1, 0.15) is 32.8 Å². The minimum Gasteiger partial charge on any atom is -0.494 e. The van der Waals surface area contributed by atoms with Crippen molar-refractivity contribution in [3.63, 3.8) is 0 Å². The Morgan fingerprint density at radius 2 is 1.89 bits per heavy atom. The number of carbonyl (C=O) groups is 1. The van der Waals surface area contributed by atoms with E-state index in [1.54, 1.807) is 6.92 Å². The zero-order chi connectivity index (χ0) is 14.3. The predicted molar refractivity (Wildman–Crippen MR) is 76.9 cm³/mol. The first kappa shape index (κ1) is 15.5. The van der Waals surface area contributed by atoms with Crippen LogP contribution in [0.25, 0.3) is 0 Å². The molecular formula is C15H24N2O2. The zero-order valence-corrected chi connectivity index (χ0v) is 12.0. The predicted octanol–water partition coefficient (Wildman–Crippen LogP) is 2.07. The molecule has 1 atom stereocenters. The molecule has 1 aromatic carbocycles. The number of nitrogens with two attached hydrogens (primary N) is 1. The Morgan fingerprint density at radius 1 is 1.26 bits per heavy atom. The van der Waals surface area contributed by atoms with Crippen molar-refractivity contribution in [1.29, 1.82) is 0 Å². The van der Waals surface area contributed by atoms with Gasteiger partial charge in [0.05, 0.1) is 12.6 Å². The lowest BCUT2D eigenvalue weighted by Gasteiger charge is -2.11. The fourth-order valence-corrected chi connectivity index (χ4v) is 1.49. The van der Waals surface area contributed by atoms with Crippen molar-refractivity contribution < 1.29 is 9.53 Å². The van der Waals surface area contributed by atoms with E-state index in [0.717, 1.165) is 24.3 Å². The van der Waals surface area contributed by atoms with Crippen LogP contribution in [0.3, 0.4) is 0 Å². The van der Waals surface area contributed by atoms with E-state index in [-0.39, 0.29) is 11.9 Å². The lowest BCUT2D eigenvalue weighted by Crippen LogP contribution is -2.38. The molecule has 0 spiro atoms. The second-order valence-electron chi connectivity index (χ2n) is 5.18. The number of benzene rings is 1. The smallest absolute Gasteiger partial charge is 0.234 e. The Hall–Kier alpha value is -1.55. The van der Waals surface area contributed by atoms with Crippen LogP contribution >= 0.6 is 0 Å². The average molecular weight is 264 g/mol. The minimum atomic E-state index is -0.339. The molecule has 0 radical (unpaired) electrons. The molecule has 4 heteroatoms. The van der Waals surface area contributed by atoms with Gasteiger partial charge < -0.3 is 15.8 Å². The highest BCUT2D eigenvalue weighted by atomic mass is 16.5. The van der Waals surface area contributed by atoms with Crippen molar-refractivity contribution in [3.05, 3.63) is 29.8 Å². The molecule has 0 fully saturated rings. The molecule has 0 aliphatic carbocycles. The van der Waals surface area contributed by atoms with Gasteiger partial charge in [0.25, 0.3) is 0 Å². The lowest BCUT2D eigenvalue weighted by atomic mass is 10.1. The van der Waals surface area contributed by atoms with E-state index in [1.807, 2.05) is 24.3 Å². The van der Waals surface area contributed by atoms with Crippen LogP contribution in [-0.4, -0.2) is 18.6 Å². The normalized spacial score (nSPS) is 12.4. The summed E-state index contributed by atoms with van der Waals surface area (Å²) < 4.78 is 5.64. The summed E-state index contributed by atoms with van der Waals surface area (Å²) in [6.45, 7) is 7.48. The number of hydrogen-bond acceptors (Lipinski definition) is 3. The first-order chi connectivity index (χ1) is 8.99. The SMILES string of the molecule is CC(C)CCOc1ccc(CNC(C)C(N)=O)cc1. The molecule has 1 rings (SSSR count). The molecule has 0 aromatic heterocycles. The van der Waals surface area contributed by atoms with Crippen LogP contribution in [0.5, 0.6) is 5.75 Å². The van der Waals surface area contributed by atoms with Gasteiger partial charge in [-0.15, -0.1) is 0 Å². The van der Waals surface area contributed by atoms with Crippen molar-refractivity contribution in [2.45, 2.75) is 39.8 Å². The van der Waals surface area contributed by atoms with Gasteiger partial charge in [-0.05, 0) is 37.0 Å². The topological polar surface area (TPSA) is 64.3 Å². The molecule has 0 saturated heterocycles. The van der Waals surface area contributed by atoms with Crippen LogP contribution < -0.4 is 15.8 Å². The third-order valence-corrected chi connectivity index (χ3v) is 2.93. The zero-order valence-electron chi connectivity index (χ0n) is 12.0. The molecule has 1 aromatic rings.